The van der Waals surface area contributed by atoms with Gasteiger partial charge in [0.25, 0.3) is 0 Å². The number of carbonyl (C=O) groups is 1. The second-order valence-electron chi connectivity index (χ2n) is 4.99. The van der Waals surface area contributed by atoms with Crippen molar-refractivity contribution in [3.63, 3.8) is 0 Å². The summed E-state index contributed by atoms with van der Waals surface area (Å²) in [7, 11) is 0. The SMILES string of the molecule is C=CCN(CC#CC)C(=O)[C@@]1(c2cccs2)C[C@H]1CN. The van der Waals surface area contributed by atoms with Gasteiger partial charge in [0.2, 0.25) is 5.91 Å². The molecule has 3 nitrogen and oxygen atoms in total. The predicted octanol–water partition coefficient (Wildman–Crippen LogP) is 2.00. The van der Waals surface area contributed by atoms with Crippen LogP contribution in [0.4, 0.5) is 0 Å². The van der Waals surface area contributed by atoms with Gasteiger partial charge in [-0.2, -0.15) is 0 Å². The van der Waals surface area contributed by atoms with E-state index < -0.39 is 5.41 Å². The van der Waals surface area contributed by atoms with Crippen molar-refractivity contribution >= 4 is 17.2 Å². The Morgan fingerprint density at radius 3 is 3.05 bits per heavy atom. The molecular formula is C16H20N2OS. The normalized spacial score (nSPS) is 23.6. The molecule has 1 heterocycles. The summed E-state index contributed by atoms with van der Waals surface area (Å²) in [6, 6.07) is 4.03. The van der Waals surface area contributed by atoms with E-state index in [1.807, 2.05) is 17.5 Å². The minimum absolute atomic E-state index is 0.137. The molecule has 0 unspecified atom stereocenters. The Hall–Kier alpha value is -1.57. The second-order valence-corrected chi connectivity index (χ2v) is 5.93. The molecule has 2 rings (SSSR count). The highest BCUT2D eigenvalue weighted by molar-refractivity contribution is 7.10. The number of carbonyl (C=O) groups excluding carboxylic acids is 1. The molecule has 1 aliphatic rings. The van der Waals surface area contributed by atoms with E-state index in [4.69, 9.17) is 5.73 Å². The fourth-order valence-corrected chi connectivity index (χ4v) is 3.66. The maximum atomic E-state index is 13.0. The molecule has 0 aromatic carbocycles. The van der Waals surface area contributed by atoms with Crippen molar-refractivity contribution in [1.29, 1.82) is 0 Å². The van der Waals surface area contributed by atoms with Crippen LogP contribution in [0.25, 0.3) is 0 Å². The van der Waals surface area contributed by atoms with Crippen LogP contribution < -0.4 is 5.73 Å². The molecule has 0 aliphatic heterocycles. The predicted molar refractivity (Wildman–Crippen MR) is 83.4 cm³/mol. The minimum Gasteiger partial charge on any atom is -0.330 e. The fourth-order valence-electron chi connectivity index (χ4n) is 2.65. The zero-order chi connectivity index (χ0) is 14.6. The summed E-state index contributed by atoms with van der Waals surface area (Å²) in [4.78, 5) is 15.9. The molecule has 0 bridgehead atoms. The average molecular weight is 288 g/mol. The molecule has 20 heavy (non-hydrogen) atoms. The highest BCUT2D eigenvalue weighted by atomic mass is 32.1. The van der Waals surface area contributed by atoms with E-state index in [0.717, 1.165) is 11.3 Å². The van der Waals surface area contributed by atoms with Crippen molar-refractivity contribution in [1.82, 2.24) is 4.90 Å². The maximum absolute atomic E-state index is 13.0. The first-order valence-electron chi connectivity index (χ1n) is 6.74. The second kappa shape index (κ2) is 6.25. The number of nitrogens with zero attached hydrogens (tertiary/aromatic N) is 1. The molecule has 2 atom stereocenters. The highest BCUT2D eigenvalue weighted by Crippen LogP contribution is 2.56. The Bertz CT molecular complexity index is 541. The van der Waals surface area contributed by atoms with Crippen molar-refractivity contribution in [2.24, 2.45) is 11.7 Å². The van der Waals surface area contributed by atoms with Crippen LogP contribution in [-0.4, -0.2) is 30.4 Å². The first-order valence-corrected chi connectivity index (χ1v) is 7.62. The molecular weight excluding hydrogens is 268 g/mol. The van der Waals surface area contributed by atoms with E-state index in [1.54, 1.807) is 29.2 Å². The van der Waals surface area contributed by atoms with Gasteiger partial charge in [0, 0.05) is 11.4 Å². The lowest BCUT2D eigenvalue weighted by Crippen LogP contribution is -2.41. The van der Waals surface area contributed by atoms with E-state index in [0.29, 0.717) is 19.6 Å². The first kappa shape index (κ1) is 14.8. The number of amides is 1. The smallest absolute Gasteiger partial charge is 0.235 e. The minimum atomic E-state index is -0.415. The van der Waals surface area contributed by atoms with Crippen LogP contribution >= 0.6 is 11.3 Å². The maximum Gasteiger partial charge on any atom is 0.235 e. The van der Waals surface area contributed by atoms with E-state index in [9.17, 15) is 4.79 Å². The monoisotopic (exact) mass is 288 g/mol. The number of hydrogen-bond donors (Lipinski definition) is 1. The van der Waals surface area contributed by atoms with Crippen LogP contribution in [0, 0.1) is 17.8 Å². The summed E-state index contributed by atoms with van der Waals surface area (Å²) in [5.74, 6) is 6.20. The molecule has 0 radical (unpaired) electrons. The zero-order valence-corrected chi connectivity index (χ0v) is 12.6. The largest absolute Gasteiger partial charge is 0.330 e. The van der Waals surface area contributed by atoms with Gasteiger partial charge in [0.15, 0.2) is 0 Å². The molecule has 1 saturated carbocycles. The van der Waals surface area contributed by atoms with Gasteiger partial charge in [-0.15, -0.1) is 23.8 Å². The van der Waals surface area contributed by atoms with Crippen LogP contribution in [0.2, 0.25) is 0 Å². The van der Waals surface area contributed by atoms with Crippen LogP contribution in [0.3, 0.4) is 0 Å². The lowest BCUT2D eigenvalue weighted by Gasteiger charge is -2.25. The van der Waals surface area contributed by atoms with Crippen molar-refractivity contribution in [2.45, 2.75) is 18.8 Å². The average Bonchev–Trinajstić information content (AvgIpc) is 2.95. The highest BCUT2D eigenvalue weighted by Gasteiger charge is 2.61. The third-order valence-corrected chi connectivity index (χ3v) is 4.86. The summed E-state index contributed by atoms with van der Waals surface area (Å²) in [6.45, 7) is 7.04. The van der Waals surface area contributed by atoms with E-state index in [2.05, 4.69) is 18.4 Å². The van der Waals surface area contributed by atoms with E-state index in [1.165, 1.54) is 0 Å². The molecule has 2 N–H and O–H groups in total. The number of nitrogens with two attached hydrogens (primary N) is 1. The van der Waals surface area contributed by atoms with E-state index >= 15 is 0 Å². The van der Waals surface area contributed by atoms with Crippen molar-refractivity contribution in [3.8, 4) is 11.8 Å². The number of thiophene rings is 1. The molecule has 1 fully saturated rings. The Kier molecular flexibility index (Phi) is 4.64. The molecule has 0 spiro atoms. The molecule has 0 saturated heterocycles. The molecule has 1 aliphatic carbocycles. The third kappa shape index (κ3) is 2.52. The Morgan fingerprint density at radius 1 is 1.75 bits per heavy atom. The quantitative estimate of drug-likeness (QED) is 0.643. The van der Waals surface area contributed by atoms with Gasteiger partial charge < -0.3 is 10.6 Å². The van der Waals surface area contributed by atoms with Gasteiger partial charge in [0.05, 0.1) is 12.0 Å². The standard InChI is InChI=1S/C16H20N2OS/c1-3-5-9-18(8-4-2)15(19)16(11-13(16)12-17)14-7-6-10-20-14/h4,6-7,10,13H,2,8-9,11-12,17H2,1H3/t13-,16-/m0/s1. The molecule has 1 amide bonds. The first-order chi connectivity index (χ1) is 9.70. The van der Waals surface area contributed by atoms with Crippen LogP contribution in [0.1, 0.15) is 18.2 Å². The summed E-state index contributed by atoms with van der Waals surface area (Å²) in [5, 5.41) is 2.01. The van der Waals surface area contributed by atoms with Gasteiger partial charge in [-0.25, -0.2) is 0 Å². The van der Waals surface area contributed by atoms with Crippen molar-refractivity contribution in [2.75, 3.05) is 19.6 Å². The lowest BCUT2D eigenvalue weighted by molar-refractivity contribution is -0.133. The summed E-state index contributed by atoms with van der Waals surface area (Å²) in [5.41, 5.74) is 5.40. The molecule has 4 heteroatoms. The summed E-state index contributed by atoms with van der Waals surface area (Å²) < 4.78 is 0. The van der Waals surface area contributed by atoms with Gasteiger partial charge >= 0.3 is 0 Å². The van der Waals surface area contributed by atoms with Gasteiger partial charge in [-0.3, -0.25) is 4.79 Å². The van der Waals surface area contributed by atoms with Gasteiger partial charge in [0.1, 0.15) is 0 Å². The Balaban J connectivity index is 2.27. The van der Waals surface area contributed by atoms with Crippen molar-refractivity contribution < 1.29 is 4.79 Å². The van der Waals surface area contributed by atoms with Crippen LogP contribution in [-0.2, 0) is 10.2 Å². The van der Waals surface area contributed by atoms with Crippen molar-refractivity contribution in [3.05, 3.63) is 35.0 Å². The van der Waals surface area contributed by atoms with Crippen LogP contribution in [0.15, 0.2) is 30.2 Å². The molecule has 1 aromatic rings. The zero-order valence-electron chi connectivity index (χ0n) is 11.8. The molecule has 106 valence electrons. The third-order valence-electron chi connectivity index (χ3n) is 3.82. The van der Waals surface area contributed by atoms with Crippen LogP contribution in [0.5, 0.6) is 0 Å². The Labute approximate surface area is 124 Å². The van der Waals surface area contributed by atoms with E-state index in [-0.39, 0.29) is 11.8 Å². The molecule has 1 aromatic heterocycles. The summed E-state index contributed by atoms with van der Waals surface area (Å²) in [6.07, 6.45) is 2.59. The topological polar surface area (TPSA) is 46.3 Å². The van der Waals surface area contributed by atoms with Gasteiger partial charge in [-0.1, -0.05) is 18.1 Å². The number of hydrogen-bond acceptors (Lipinski definition) is 3. The lowest BCUT2D eigenvalue weighted by atomic mass is 9.99. The summed E-state index contributed by atoms with van der Waals surface area (Å²) >= 11 is 1.63. The Morgan fingerprint density at radius 2 is 2.55 bits per heavy atom. The number of rotatable bonds is 6. The van der Waals surface area contributed by atoms with Gasteiger partial charge in [-0.05, 0) is 37.3 Å². The fraction of sp³-hybridized carbons (Fsp3) is 0.438.